The highest BCUT2D eigenvalue weighted by atomic mass is 16.4. The topological polar surface area (TPSA) is 78.4 Å². The van der Waals surface area contributed by atoms with Crippen molar-refractivity contribution < 1.29 is 14.7 Å². The lowest BCUT2D eigenvalue weighted by Crippen LogP contribution is -2.49. The zero-order valence-electron chi connectivity index (χ0n) is 10.8. The summed E-state index contributed by atoms with van der Waals surface area (Å²) in [5.41, 5.74) is 0. The average Bonchev–Trinajstić information content (AvgIpc) is 3.07. The van der Waals surface area contributed by atoms with Gasteiger partial charge >= 0.3 is 12.0 Å². The van der Waals surface area contributed by atoms with Crippen LogP contribution in [0, 0.1) is 11.8 Å². The highest BCUT2D eigenvalue weighted by Crippen LogP contribution is 2.33. The quantitative estimate of drug-likeness (QED) is 0.715. The summed E-state index contributed by atoms with van der Waals surface area (Å²) in [5.74, 6) is -0.610. The van der Waals surface area contributed by atoms with E-state index in [1.165, 1.54) is 0 Å². The molecule has 102 valence electrons. The smallest absolute Gasteiger partial charge is 0.315 e. The zero-order valence-corrected chi connectivity index (χ0v) is 10.8. The highest BCUT2D eigenvalue weighted by molar-refractivity contribution is 5.77. The molecule has 2 fully saturated rings. The maximum absolute atomic E-state index is 11.8. The Bertz CT molecular complexity index is 332. The number of carboxylic acids is 1. The highest BCUT2D eigenvalue weighted by Gasteiger charge is 2.38. The van der Waals surface area contributed by atoms with Gasteiger partial charge in [0.25, 0.3) is 0 Å². The van der Waals surface area contributed by atoms with E-state index in [9.17, 15) is 9.59 Å². The molecule has 2 saturated carbocycles. The lowest BCUT2D eigenvalue weighted by Gasteiger charge is -2.29. The molecule has 3 N–H and O–H groups in total. The second-order valence-electron chi connectivity index (χ2n) is 5.46. The SMILES string of the molecule is CCC1CC1NC(=O)NC1CCCCC1C(=O)O. The van der Waals surface area contributed by atoms with Crippen LogP contribution >= 0.6 is 0 Å². The van der Waals surface area contributed by atoms with Crippen molar-refractivity contribution in [1.82, 2.24) is 10.6 Å². The van der Waals surface area contributed by atoms with E-state index < -0.39 is 11.9 Å². The number of hydrogen-bond acceptors (Lipinski definition) is 2. The van der Waals surface area contributed by atoms with Gasteiger partial charge in [-0.05, 0) is 25.2 Å². The Balaban J connectivity index is 1.79. The van der Waals surface area contributed by atoms with Crippen LogP contribution in [-0.2, 0) is 4.79 Å². The minimum Gasteiger partial charge on any atom is -0.481 e. The summed E-state index contributed by atoms with van der Waals surface area (Å²) < 4.78 is 0. The van der Waals surface area contributed by atoms with Crippen LogP contribution in [0.1, 0.15) is 45.4 Å². The third-order valence-electron chi connectivity index (χ3n) is 4.16. The van der Waals surface area contributed by atoms with Crippen molar-refractivity contribution in [3.8, 4) is 0 Å². The van der Waals surface area contributed by atoms with Gasteiger partial charge < -0.3 is 15.7 Å². The fourth-order valence-electron chi connectivity index (χ4n) is 2.85. The van der Waals surface area contributed by atoms with E-state index in [-0.39, 0.29) is 12.1 Å². The summed E-state index contributed by atoms with van der Waals surface area (Å²) in [5, 5.41) is 14.9. The predicted molar refractivity (Wildman–Crippen MR) is 67.2 cm³/mol. The molecule has 2 aliphatic rings. The normalized spacial score (nSPS) is 34.7. The van der Waals surface area contributed by atoms with Gasteiger partial charge in [-0.3, -0.25) is 4.79 Å². The average molecular weight is 254 g/mol. The van der Waals surface area contributed by atoms with Crippen molar-refractivity contribution in [1.29, 1.82) is 0 Å². The lowest BCUT2D eigenvalue weighted by molar-refractivity contribution is -0.143. The minimum absolute atomic E-state index is 0.200. The summed E-state index contributed by atoms with van der Waals surface area (Å²) in [6, 6.07) is -0.119. The number of urea groups is 1. The van der Waals surface area contributed by atoms with Crippen LogP contribution in [0.4, 0.5) is 4.79 Å². The largest absolute Gasteiger partial charge is 0.481 e. The zero-order chi connectivity index (χ0) is 13.1. The Kier molecular flexibility index (Phi) is 4.09. The van der Waals surface area contributed by atoms with Gasteiger partial charge in [-0.2, -0.15) is 0 Å². The Labute approximate surface area is 107 Å². The first-order valence-corrected chi connectivity index (χ1v) is 6.91. The van der Waals surface area contributed by atoms with Gasteiger partial charge in [0.05, 0.1) is 5.92 Å². The molecule has 0 bridgehead atoms. The Morgan fingerprint density at radius 2 is 1.83 bits per heavy atom. The van der Waals surface area contributed by atoms with Gasteiger partial charge in [0.2, 0.25) is 0 Å². The maximum atomic E-state index is 11.8. The maximum Gasteiger partial charge on any atom is 0.315 e. The van der Waals surface area contributed by atoms with E-state index in [1.54, 1.807) is 0 Å². The van der Waals surface area contributed by atoms with E-state index in [1.807, 2.05) is 0 Å². The second kappa shape index (κ2) is 5.59. The molecule has 0 radical (unpaired) electrons. The summed E-state index contributed by atoms with van der Waals surface area (Å²) in [6.07, 6.45) is 5.52. The number of carbonyl (C=O) groups excluding carboxylic acids is 1. The van der Waals surface area contributed by atoms with Gasteiger partial charge in [0, 0.05) is 12.1 Å². The first kappa shape index (κ1) is 13.2. The monoisotopic (exact) mass is 254 g/mol. The van der Waals surface area contributed by atoms with Crippen molar-refractivity contribution >= 4 is 12.0 Å². The first-order valence-electron chi connectivity index (χ1n) is 6.91. The molecule has 0 heterocycles. The lowest BCUT2D eigenvalue weighted by atomic mass is 9.84. The molecule has 0 aromatic heterocycles. The van der Waals surface area contributed by atoms with E-state index in [0.717, 1.165) is 32.1 Å². The number of aliphatic carboxylic acids is 1. The molecule has 5 nitrogen and oxygen atoms in total. The van der Waals surface area contributed by atoms with Gasteiger partial charge in [-0.15, -0.1) is 0 Å². The summed E-state index contributed by atoms with van der Waals surface area (Å²) in [7, 11) is 0. The van der Waals surface area contributed by atoms with Crippen molar-refractivity contribution in [2.75, 3.05) is 0 Å². The van der Waals surface area contributed by atoms with Crippen LogP contribution in [0.3, 0.4) is 0 Å². The molecule has 18 heavy (non-hydrogen) atoms. The molecule has 2 aliphatic carbocycles. The number of hydrogen-bond donors (Lipinski definition) is 3. The Hall–Kier alpha value is -1.26. The van der Waals surface area contributed by atoms with Crippen molar-refractivity contribution in [2.24, 2.45) is 11.8 Å². The first-order chi connectivity index (χ1) is 8.61. The molecule has 0 spiro atoms. The molecule has 2 amide bonds. The molecule has 4 atom stereocenters. The molecule has 0 aromatic carbocycles. The number of nitrogens with one attached hydrogen (secondary N) is 2. The fourth-order valence-corrected chi connectivity index (χ4v) is 2.85. The molecule has 4 unspecified atom stereocenters. The van der Waals surface area contributed by atoms with E-state index >= 15 is 0 Å². The number of carbonyl (C=O) groups is 2. The van der Waals surface area contributed by atoms with Crippen LogP contribution in [0.25, 0.3) is 0 Å². The minimum atomic E-state index is -0.794. The summed E-state index contributed by atoms with van der Waals surface area (Å²) in [6.45, 7) is 2.12. The van der Waals surface area contributed by atoms with E-state index in [2.05, 4.69) is 17.6 Å². The summed E-state index contributed by atoms with van der Waals surface area (Å²) >= 11 is 0. The summed E-state index contributed by atoms with van der Waals surface area (Å²) in [4.78, 5) is 22.9. The van der Waals surface area contributed by atoms with Crippen LogP contribution in [0.2, 0.25) is 0 Å². The van der Waals surface area contributed by atoms with Crippen LogP contribution in [0.15, 0.2) is 0 Å². The number of rotatable bonds is 4. The van der Waals surface area contributed by atoms with Gasteiger partial charge in [-0.25, -0.2) is 4.79 Å². The Morgan fingerprint density at radius 1 is 1.17 bits per heavy atom. The van der Waals surface area contributed by atoms with Crippen LogP contribution in [-0.4, -0.2) is 29.2 Å². The van der Waals surface area contributed by atoms with Gasteiger partial charge in [0.15, 0.2) is 0 Å². The molecule has 0 aliphatic heterocycles. The third-order valence-corrected chi connectivity index (χ3v) is 4.16. The molecule has 0 aromatic rings. The van der Waals surface area contributed by atoms with Gasteiger partial charge in [-0.1, -0.05) is 26.2 Å². The standard InChI is InChI=1S/C13H22N2O3/c1-2-8-7-11(8)15-13(18)14-10-6-4-3-5-9(10)12(16)17/h8-11H,2-7H2,1H3,(H,16,17)(H2,14,15,18). The third kappa shape index (κ3) is 3.15. The van der Waals surface area contributed by atoms with Crippen molar-refractivity contribution in [2.45, 2.75) is 57.5 Å². The predicted octanol–water partition coefficient (Wildman–Crippen LogP) is 1.73. The van der Waals surface area contributed by atoms with E-state index in [4.69, 9.17) is 5.11 Å². The van der Waals surface area contributed by atoms with Crippen molar-refractivity contribution in [3.63, 3.8) is 0 Å². The Morgan fingerprint density at radius 3 is 2.44 bits per heavy atom. The molecule has 0 saturated heterocycles. The number of amides is 2. The molecule has 2 rings (SSSR count). The van der Waals surface area contributed by atoms with Crippen LogP contribution in [0.5, 0.6) is 0 Å². The number of carboxylic acid groups (broad SMARTS) is 1. The van der Waals surface area contributed by atoms with E-state index in [0.29, 0.717) is 18.4 Å². The van der Waals surface area contributed by atoms with Gasteiger partial charge in [0.1, 0.15) is 0 Å². The molecular formula is C13H22N2O3. The van der Waals surface area contributed by atoms with Crippen molar-refractivity contribution in [3.05, 3.63) is 0 Å². The molecule has 5 heteroatoms. The van der Waals surface area contributed by atoms with Crippen LogP contribution < -0.4 is 10.6 Å². The fraction of sp³-hybridized carbons (Fsp3) is 0.846. The molecular weight excluding hydrogens is 232 g/mol. The second-order valence-corrected chi connectivity index (χ2v) is 5.46.